The van der Waals surface area contributed by atoms with Crippen LogP contribution in [0.15, 0.2) is 12.7 Å². The zero-order valence-corrected chi connectivity index (χ0v) is 13.9. The molecule has 0 bridgehead atoms. The summed E-state index contributed by atoms with van der Waals surface area (Å²) < 4.78 is 0. The third-order valence-electron chi connectivity index (χ3n) is 2.28. The Morgan fingerprint density at radius 3 is 1.72 bits per heavy atom. The number of ketones is 1. The number of carbonyl (C=O) groups excluding carboxylic acids is 1. The fourth-order valence-corrected chi connectivity index (χ4v) is 1.07. The van der Waals surface area contributed by atoms with Crippen LogP contribution in [-0.4, -0.2) is 30.3 Å². The molecule has 0 fully saturated rings. The molecule has 0 aromatic rings. The van der Waals surface area contributed by atoms with E-state index in [9.17, 15) is 4.79 Å². The van der Waals surface area contributed by atoms with E-state index in [-0.39, 0.29) is 5.78 Å². The van der Waals surface area contributed by atoms with Crippen molar-refractivity contribution in [2.45, 2.75) is 67.3 Å². The fraction of sp³-hybridized carbons (Fsp3) is 0.812. The fourth-order valence-electron chi connectivity index (χ4n) is 1.07. The summed E-state index contributed by atoms with van der Waals surface area (Å²) in [5, 5.41) is 0. The van der Waals surface area contributed by atoms with Crippen LogP contribution in [0.3, 0.4) is 0 Å². The lowest BCUT2D eigenvalue weighted by Crippen LogP contribution is -2.31. The molecule has 2 heteroatoms. The highest BCUT2D eigenvalue weighted by molar-refractivity contribution is 5.86. The van der Waals surface area contributed by atoms with Gasteiger partial charge in [0.05, 0.1) is 0 Å². The summed E-state index contributed by atoms with van der Waals surface area (Å²) in [6.07, 6.45) is 3.78. The van der Waals surface area contributed by atoms with Crippen LogP contribution < -0.4 is 0 Å². The molecule has 18 heavy (non-hydrogen) atoms. The van der Waals surface area contributed by atoms with Gasteiger partial charge >= 0.3 is 0 Å². The monoisotopic (exact) mass is 257 g/mol. The minimum absolute atomic E-state index is 0.0185. The Labute approximate surface area is 115 Å². The molecule has 0 aliphatic rings. The third-order valence-corrected chi connectivity index (χ3v) is 2.28. The summed E-state index contributed by atoms with van der Waals surface area (Å²) in [7, 11) is 2.20. The lowest BCUT2D eigenvalue weighted by atomic mass is 10.1. The van der Waals surface area contributed by atoms with Gasteiger partial charge < -0.3 is 4.90 Å². The Kier molecular flexibility index (Phi) is 20.5. The van der Waals surface area contributed by atoms with Gasteiger partial charge in [-0.2, -0.15) is 0 Å². The average molecular weight is 257 g/mol. The molecule has 0 amide bonds. The maximum Gasteiger partial charge on any atom is 0.152 e. The van der Waals surface area contributed by atoms with Gasteiger partial charge in [0.2, 0.25) is 0 Å². The minimum atomic E-state index is 0.0185. The largest absolute Gasteiger partial charge is 0.303 e. The summed E-state index contributed by atoms with van der Waals surface area (Å²) in [5.41, 5.74) is 0. The predicted octanol–water partition coefficient (Wildman–Crippen LogP) is 4.55. The number of hydrogen-bond acceptors (Lipinski definition) is 2. The van der Waals surface area contributed by atoms with Crippen molar-refractivity contribution in [2.75, 3.05) is 13.6 Å². The van der Waals surface area contributed by atoms with E-state index in [1.165, 1.54) is 32.4 Å². The van der Waals surface area contributed by atoms with Crippen molar-refractivity contribution in [3.8, 4) is 0 Å². The Hall–Kier alpha value is -0.630. The zero-order valence-electron chi connectivity index (χ0n) is 13.9. The molecule has 0 radical (unpaired) electrons. The molecule has 0 aromatic heterocycles. The minimum Gasteiger partial charge on any atom is -0.303 e. The molecule has 0 saturated carbocycles. The molecule has 0 aliphatic heterocycles. The van der Waals surface area contributed by atoms with Crippen LogP contribution in [0.5, 0.6) is 0 Å². The molecule has 0 heterocycles. The van der Waals surface area contributed by atoms with E-state index in [0.717, 1.165) is 12.0 Å². The summed E-state index contributed by atoms with van der Waals surface area (Å²) in [4.78, 5) is 12.1. The van der Waals surface area contributed by atoms with E-state index in [1.807, 2.05) is 0 Å². The van der Waals surface area contributed by atoms with E-state index in [4.69, 9.17) is 0 Å². The quantitative estimate of drug-likeness (QED) is 0.673. The standard InChI is InChI=1S/C9H21N.C4H6O.C3H8/c1-6-9(4)10(5)7-8(2)3;1-3-4(2)5;1-3-2/h8-9H,6-7H2,1-5H3;3H,1H2,2H3;3H2,1-2H3/t9-;;/m0../s1. The Bertz CT molecular complexity index is 188. The van der Waals surface area contributed by atoms with E-state index < -0.39 is 0 Å². The summed E-state index contributed by atoms with van der Waals surface area (Å²) in [5.74, 6) is 0.809. The van der Waals surface area contributed by atoms with Gasteiger partial charge in [-0.05, 0) is 39.3 Å². The van der Waals surface area contributed by atoms with Crippen molar-refractivity contribution in [1.29, 1.82) is 0 Å². The van der Waals surface area contributed by atoms with Crippen LogP contribution in [-0.2, 0) is 4.79 Å². The summed E-state index contributed by atoms with van der Waals surface area (Å²) in [6.45, 7) is 19.2. The van der Waals surface area contributed by atoms with Crippen LogP contribution in [0.25, 0.3) is 0 Å². The molecule has 0 rings (SSSR count). The second kappa shape index (κ2) is 16.4. The van der Waals surface area contributed by atoms with Crippen LogP contribution in [0.4, 0.5) is 0 Å². The van der Waals surface area contributed by atoms with Gasteiger partial charge in [0.25, 0.3) is 0 Å². The van der Waals surface area contributed by atoms with E-state index in [0.29, 0.717) is 0 Å². The molecule has 110 valence electrons. The first-order chi connectivity index (χ1) is 8.26. The molecule has 0 aliphatic carbocycles. The summed E-state index contributed by atoms with van der Waals surface area (Å²) >= 11 is 0. The molecule has 0 saturated heterocycles. The lowest BCUT2D eigenvalue weighted by molar-refractivity contribution is -0.112. The smallest absolute Gasteiger partial charge is 0.152 e. The van der Waals surface area contributed by atoms with Crippen molar-refractivity contribution in [3.63, 3.8) is 0 Å². The van der Waals surface area contributed by atoms with Gasteiger partial charge in [0.1, 0.15) is 0 Å². The molecule has 2 nitrogen and oxygen atoms in total. The highest BCUT2D eigenvalue weighted by atomic mass is 16.1. The molecule has 0 unspecified atom stereocenters. The van der Waals surface area contributed by atoms with Crippen LogP contribution in [0.2, 0.25) is 0 Å². The highest BCUT2D eigenvalue weighted by Gasteiger charge is 2.06. The van der Waals surface area contributed by atoms with Crippen molar-refractivity contribution in [3.05, 3.63) is 12.7 Å². The van der Waals surface area contributed by atoms with E-state index in [1.54, 1.807) is 0 Å². The molecule has 0 N–H and O–H groups in total. The van der Waals surface area contributed by atoms with Crippen LogP contribution >= 0.6 is 0 Å². The lowest BCUT2D eigenvalue weighted by Gasteiger charge is -2.24. The second-order valence-corrected chi connectivity index (χ2v) is 5.11. The third kappa shape index (κ3) is 24.6. The van der Waals surface area contributed by atoms with Crippen molar-refractivity contribution >= 4 is 5.78 Å². The van der Waals surface area contributed by atoms with Gasteiger partial charge in [0.15, 0.2) is 5.78 Å². The predicted molar refractivity (Wildman–Crippen MR) is 84.1 cm³/mol. The zero-order chi connectivity index (χ0) is 15.1. The Balaban J connectivity index is -0.000000235. The van der Waals surface area contributed by atoms with Crippen LogP contribution in [0.1, 0.15) is 61.3 Å². The highest BCUT2D eigenvalue weighted by Crippen LogP contribution is 2.03. The Morgan fingerprint density at radius 2 is 1.56 bits per heavy atom. The molecular weight excluding hydrogens is 222 g/mol. The van der Waals surface area contributed by atoms with Crippen molar-refractivity contribution in [1.82, 2.24) is 4.90 Å². The second-order valence-electron chi connectivity index (χ2n) is 5.11. The van der Waals surface area contributed by atoms with E-state index in [2.05, 4.69) is 60.1 Å². The number of rotatable bonds is 5. The Morgan fingerprint density at radius 1 is 1.22 bits per heavy atom. The summed E-state index contributed by atoms with van der Waals surface area (Å²) in [6, 6.07) is 0.738. The number of carbonyl (C=O) groups is 1. The maximum absolute atomic E-state index is 9.69. The maximum atomic E-state index is 9.69. The first kappa shape index (κ1) is 22.5. The number of nitrogens with zero attached hydrogens (tertiary/aromatic N) is 1. The first-order valence-electron chi connectivity index (χ1n) is 7.09. The molecule has 0 aromatic carbocycles. The molecule has 0 spiro atoms. The molecular formula is C16H35NO. The van der Waals surface area contributed by atoms with Crippen LogP contribution in [0, 0.1) is 5.92 Å². The average Bonchev–Trinajstić information content (AvgIpc) is 2.28. The van der Waals surface area contributed by atoms with Crippen molar-refractivity contribution in [2.24, 2.45) is 5.92 Å². The van der Waals surface area contributed by atoms with Gasteiger partial charge in [-0.1, -0.05) is 47.6 Å². The SMILES string of the molecule is C=CC(C)=O.CCC.CC[C@H](C)N(C)CC(C)C. The normalized spacial score (nSPS) is 11.0. The van der Waals surface area contributed by atoms with Gasteiger partial charge in [-0.15, -0.1) is 0 Å². The first-order valence-corrected chi connectivity index (χ1v) is 7.09. The molecule has 1 atom stereocenters. The van der Waals surface area contributed by atoms with E-state index >= 15 is 0 Å². The number of hydrogen-bond donors (Lipinski definition) is 0. The number of allylic oxidation sites excluding steroid dienone is 1. The topological polar surface area (TPSA) is 20.3 Å². The van der Waals surface area contributed by atoms with Gasteiger partial charge in [-0.3, -0.25) is 4.79 Å². The van der Waals surface area contributed by atoms with Gasteiger partial charge in [0, 0.05) is 12.6 Å². The van der Waals surface area contributed by atoms with Gasteiger partial charge in [-0.25, -0.2) is 0 Å². The van der Waals surface area contributed by atoms with Crippen molar-refractivity contribution < 1.29 is 4.79 Å².